The Kier molecular flexibility index (Phi) is 5.35. The van der Waals surface area contributed by atoms with Crippen LogP contribution in [0, 0.1) is 22.5 Å². The predicted molar refractivity (Wildman–Crippen MR) is 70.0 cm³/mol. The highest BCUT2D eigenvalue weighted by molar-refractivity contribution is 5.95. The summed E-state index contributed by atoms with van der Waals surface area (Å²) in [6.45, 7) is 2.37. The summed E-state index contributed by atoms with van der Waals surface area (Å²) in [6.07, 6.45) is 5.85. The Morgan fingerprint density at radius 1 is 1.58 bits per heavy atom. The lowest BCUT2D eigenvalue weighted by molar-refractivity contribution is -0.385. The maximum atomic E-state index is 11.7. The number of hydrogen-bond donors (Lipinski definition) is 1. The highest BCUT2D eigenvalue weighted by atomic mass is 16.6. The first-order valence-corrected chi connectivity index (χ1v) is 5.73. The van der Waals surface area contributed by atoms with Crippen LogP contribution in [0.3, 0.4) is 0 Å². The SMILES string of the molecule is C#CCOc1cc(C(=O)NCCC)ccc1[N+](=O)[O-]. The van der Waals surface area contributed by atoms with E-state index in [2.05, 4.69) is 11.2 Å². The van der Waals surface area contributed by atoms with E-state index in [-0.39, 0.29) is 24.0 Å². The minimum Gasteiger partial charge on any atom is -0.474 e. The van der Waals surface area contributed by atoms with Gasteiger partial charge in [-0.2, -0.15) is 0 Å². The molecule has 0 unspecified atom stereocenters. The standard InChI is InChI=1S/C13H14N2O4/c1-3-7-14-13(16)10-5-6-11(15(17)18)12(9-10)19-8-4-2/h2,5-6,9H,3,7-8H2,1H3,(H,14,16). The van der Waals surface area contributed by atoms with Gasteiger partial charge < -0.3 is 10.1 Å². The van der Waals surface area contributed by atoms with Gasteiger partial charge in [0.25, 0.3) is 5.91 Å². The molecule has 1 aromatic rings. The van der Waals surface area contributed by atoms with Crippen LogP contribution in [-0.4, -0.2) is 24.0 Å². The monoisotopic (exact) mass is 262 g/mol. The molecule has 0 aliphatic heterocycles. The third-order valence-electron chi connectivity index (χ3n) is 2.27. The summed E-state index contributed by atoms with van der Waals surface area (Å²) in [5, 5.41) is 13.5. The third kappa shape index (κ3) is 4.00. The quantitative estimate of drug-likeness (QED) is 0.481. The van der Waals surface area contributed by atoms with Crippen molar-refractivity contribution < 1.29 is 14.5 Å². The Labute approximate surface area is 110 Å². The molecule has 0 aromatic heterocycles. The van der Waals surface area contributed by atoms with E-state index >= 15 is 0 Å². The molecule has 0 saturated carbocycles. The number of benzene rings is 1. The van der Waals surface area contributed by atoms with Gasteiger partial charge in [0.1, 0.15) is 6.61 Å². The van der Waals surface area contributed by atoms with Crippen LogP contribution in [0.25, 0.3) is 0 Å². The average molecular weight is 262 g/mol. The zero-order valence-corrected chi connectivity index (χ0v) is 10.5. The van der Waals surface area contributed by atoms with Crippen LogP contribution in [0.15, 0.2) is 18.2 Å². The van der Waals surface area contributed by atoms with Gasteiger partial charge in [0, 0.05) is 24.2 Å². The molecule has 0 aliphatic carbocycles. The second-order valence-corrected chi connectivity index (χ2v) is 3.69. The lowest BCUT2D eigenvalue weighted by atomic mass is 10.1. The Bertz CT molecular complexity index is 520. The zero-order chi connectivity index (χ0) is 14.3. The van der Waals surface area contributed by atoms with Crippen LogP contribution < -0.4 is 10.1 Å². The number of amides is 1. The molecule has 1 rings (SSSR count). The lowest BCUT2D eigenvalue weighted by Gasteiger charge is -2.07. The molecule has 100 valence electrons. The molecule has 0 saturated heterocycles. The maximum absolute atomic E-state index is 11.7. The zero-order valence-electron chi connectivity index (χ0n) is 10.5. The Hall–Kier alpha value is -2.55. The van der Waals surface area contributed by atoms with E-state index in [0.717, 1.165) is 6.42 Å². The van der Waals surface area contributed by atoms with E-state index in [0.29, 0.717) is 12.1 Å². The number of nitro benzene ring substituents is 1. The second kappa shape index (κ2) is 7.01. The van der Waals surface area contributed by atoms with Crippen LogP contribution >= 0.6 is 0 Å². The molecule has 0 aliphatic rings. The van der Waals surface area contributed by atoms with Gasteiger partial charge in [-0.1, -0.05) is 12.8 Å². The minimum absolute atomic E-state index is 0.00732. The minimum atomic E-state index is -0.584. The van der Waals surface area contributed by atoms with Gasteiger partial charge in [0.15, 0.2) is 5.75 Å². The van der Waals surface area contributed by atoms with Crippen LogP contribution in [0.2, 0.25) is 0 Å². The van der Waals surface area contributed by atoms with Crippen molar-refractivity contribution in [1.29, 1.82) is 0 Å². The van der Waals surface area contributed by atoms with E-state index in [9.17, 15) is 14.9 Å². The van der Waals surface area contributed by atoms with Gasteiger partial charge >= 0.3 is 5.69 Å². The number of carbonyl (C=O) groups is 1. The number of rotatable bonds is 6. The van der Waals surface area contributed by atoms with E-state index in [1.807, 2.05) is 6.92 Å². The second-order valence-electron chi connectivity index (χ2n) is 3.69. The first-order valence-electron chi connectivity index (χ1n) is 5.73. The molecule has 6 nitrogen and oxygen atoms in total. The molecule has 6 heteroatoms. The number of terminal acetylenes is 1. The highest BCUT2D eigenvalue weighted by Crippen LogP contribution is 2.27. The Morgan fingerprint density at radius 2 is 2.32 bits per heavy atom. The number of hydrogen-bond acceptors (Lipinski definition) is 4. The summed E-state index contributed by atoms with van der Waals surface area (Å²) in [5.74, 6) is 1.91. The molecule has 1 aromatic carbocycles. The predicted octanol–water partition coefficient (Wildman–Crippen LogP) is 1.75. The normalized spacial score (nSPS) is 9.47. The summed E-state index contributed by atoms with van der Waals surface area (Å²) in [4.78, 5) is 22.0. The molecule has 0 fully saturated rings. The lowest BCUT2D eigenvalue weighted by Crippen LogP contribution is -2.24. The molecule has 0 bridgehead atoms. The van der Waals surface area contributed by atoms with Gasteiger partial charge in [-0.3, -0.25) is 14.9 Å². The van der Waals surface area contributed by atoms with Gasteiger partial charge in [0.2, 0.25) is 0 Å². The van der Waals surface area contributed by atoms with Crippen LogP contribution in [0.5, 0.6) is 5.75 Å². The molecule has 0 heterocycles. The van der Waals surface area contributed by atoms with E-state index in [1.165, 1.54) is 18.2 Å². The number of nitrogens with one attached hydrogen (secondary N) is 1. The van der Waals surface area contributed by atoms with Crippen molar-refractivity contribution in [2.75, 3.05) is 13.2 Å². The van der Waals surface area contributed by atoms with Crippen molar-refractivity contribution in [1.82, 2.24) is 5.32 Å². The summed E-state index contributed by atoms with van der Waals surface area (Å²) in [7, 11) is 0. The van der Waals surface area contributed by atoms with Gasteiger partial charge in [0.05, 0.1) is 4.92 Å². The largest absolute Gasteiger partial charge is 0.474 e. The number of nitro groups is 1. The Balaban J connectivity index is 3.00. The number of ether oxygens (including phenoxy) is 1. The first-order chi connectivity index (χ1) is 9.10. The summed E-state index contributed by atoms with van der Waals surface area (Å²) in [6, 6.07) is 3.93. The van der Waals surface area contributed by atoms with Crippen molar-refractivity contribution in [3.05, 3.63) is 33.9 Å². The van der Waals surface area contributed by atoms with Crippen molar-refractivity contribution in [3.8, 4) is 18.1 Å². The van der Waals surface area contributed by atoms with Crippen molar-refractivity contribution in [2.45, 2.75) is 13.3 Å². The molecule has 19 heavy (non-hydrogen) atoms. The topological polar surface area (TPSA) is 81.5 Å². The Morgan fingerprint density at radius 3 is 2.89 bits per heavy atom. The molecular formula is C13H14N2O4. The molecule has 0 radical (unpaired) electrons. The fourth-order valence-corrected chi connectivity index (χ4v) is 1.38. The van der Waals surface area contributed by atoms with Crippen molar-refractivity contribution in [3.63, 3.8) is 0 Å². The third-order valence-corrected chi connectivity index (χ3v) is 2.27. The molecule has 1 amide bonds. The fraction of sp³-hybridized carbons (Fsp3) is 0.308. The van der Waals surface area contributed by atoms with Gasteiger partial charge in [-0.15, -0.1) is 6.42 Å². The van der Waals surface area contributed by atoms with Gasteiger partial charge in [-0.05, 0) is 12.5 Å². The van der Waals surface area contributed by atoms with Crippen LogP contribution in [0.4, 0.5) is 5.69 Å². The van der Waals surface area contributed by atoms with Crippen molar-refractivity contribution in [2.24, 2.45) is 0 Å². The maximum Gasteiger partial charge on any atom is 0.311 e. The molecule has 0 spiro atoms. The smallest absolute Gasteiger partial charge is 0.311 e. The average Bonchev–Trinajstić information content (AvgIpc) is 2.41. The highest BCUT2D eigenvalue weighted by Gasteiger charge is 2.17. The number of nitrogens with zero attached hydrogens (tertiary/aromatic N) is 1. The summed E-state index contributed by atoms with van der Waals surface area (Å²) < 4.78 is 5.09. The van der Waals surface area contributed by atoms with Crippen LogP contribution in [0.1, 0.15) is 23.7 Å². The van der Waals surface area contributed by atoms with E-state index in [4.69, 9.17) is 11.2 Å². The van der Waals surface area contributed by atoms with Gasteiger partial charge in [-0.25, -0.2) is 0 Å². The molecular weight excluding hydrogens is 248 g/mol. The summed E-state index contributed by atoms with van der Waals surface area (Å²) in [5.41, 5.74) is 0.0772. The van der Waals surface area contributed by atoms with E-state index in [1.54, 1.807) is 0 Å². The first kappa shape index (κ1) is 14.5. The van der Waals surface area contributed by atoms with Crippen LogP contribution in [-0.2, 0) is 0 Å². The fourth-order valence-electron chi connectivity index (χ4n) is 1.38. The molecule has 1 N–H and O–H groups in total. The summed E-state index contributed by atoms with van der Waals surface area (Å²) >= 11 is 0. The van der Waals surface area contributed by atoms with Crippen molar-refractivity contribution >= 4 is 11.6 Å². The number of carbonyl (C=O) groups excluding carboxylic acids is 1. The molecule has 0 atom stereocenters. The van der Waals surface area contributed by atoms with E-state index < -0.39 is 4.92 Å².